The van der Waals surface area contributed by atoms with Crippen LogP contribution in [0.15, 0.2) is 0 Å². The fraction of sp³-hybridized carbons (Fsp3) is 0.750. The van der Waals surface area contributed by atoms with Crippen LogP contribution in [0, 0.1) is 12.3 Å². The minimum absolute atomic E-state index is 0. The summed E-state index contributed by atoms with van der Waals surface area (Å²) in [5.41, 5.74) is -0.327. The molecule has 0 fully saturated rings. The molecular formula is C8H22I2OSi. The Morgan fingerprint density at radius 2 is 1.50 bits per heavy atom. The second-order valence-electron chi connectivity index (χ2n) is 1.86. The standard InChI is InChI=1S/C5H10OSi.3CH4.I2/c1-4-5(2,3)6-7;;;;1-2/h1H,2-3,7H3;3*1H4;. The zero-order valence-electron chi connectivity index (χ0n) is 5.74. The van der Waals surface area contributed by atoms with Gasteiger partial charge in [-0.1, -0.05) is 28.2 Å². The van der Waals surface area contributed by atoms with Gasteiger partial charge in [0.05, 0.1) is 0 Å². The van der Waals surface area contributed by atoms with Crippen molar-refractivity contribution in [1.82, 2.24) is 0 Å². The topological polar surface area (TPSA) is 9.23 Å². The highest BCUT2D eigenvalue weighted by Gasteiger charge is 2.08. The maximum absolute atomic E-state index is 5.06. The van der Waals surface area contributed by atoms with Crippen molar-refractivity contribution in [2.45, 2.75) is 41.7 Å². The van der Waals surface area contributed by atoms with E-state index in [-0.39, 0.29) is 27.9 Å². The summed E-state index contributed by atoms with van der Waals surface area (Å²) in [6.45, 7) is 3.75. The molecule has 78 valence electrons. The molecule has 0 aromatic carbocycles. The molecule has 12 heavy (non-hydrogen) atoms. The first-order valence-corrected chi connectivity index (χ1v) is 9.40. The fourth-order valence-electron chi connectivity index (χ4n) is 0.0589. The molecule has 0 aromatic rings. The molecule has 0 aromatic heterocycles. The van der Waals surface area contributed by atoms with Crippen LogP contribution >= 0.6 is 37.2 Å². The Bertz CT molecular complexity index is 99.7. The van der Waals surface area contributed by atoms with E-state index >= 15 is 0 Å². The molecule has 0 atom stereocenters. The first kappa shape index (κ1) is 29.2. The molecule has 0 radical (unpaired) electrons. The van der Waals surface area contributed by atoms with Gasteiger partial charge < -0.3 is 4.43 Å². The average molecular weight is 416 g/mol. The summed E-state index contributed by atoms with van der Waals surface area (Å²) in [5.74, 6) is 2.50. The van der Waals surface area contributed by atoms with Crippen molar-refractivity contribution >= 4 is 47.7 Å². The van der Waals surface area contributed by atoms with Crippen LogP contribution in [-0.2, 0) is 4.43 Å². The largest absolute Gasteiger partial charge is 0.413 e. The van der Waals surface area contributed by atoms with Crippen molar-refractivity contribution in [3.05, 3.63) is 0 Å². The van der Waals surface area contributed by atoms with E-state index in [4.69, 9.17) is 10.8 Å². The summed E-state index contributed by atoms with van der Waals surface area (Å²) < 4.78 is 4.99. The lowest BCUT2D eigenvalue weighted by Crippen LogP contribution is -2.19. The Morgan fingerprint density at radius 3 is 1.50 bits per heavy atom. The van der Waals surface area contributed by atoms with Gasteiger partial charge in [-0.2, -0.15) is 0 Å². The molecule has 0 heterocycles. The number of terminal acetylenes is 1. The minimum Gasteiger partial charge on any atom is -0.413 e. The summed E-state index contributed by atoms with van der Waals surface area (Å²) in [6.07, 6.45) is 5.06. The predicted octanol–water partition coefficient (Wildman–Crippen LogP) is 3.37. The SMILES string of the molecule is C.C.C.C#CC(C)(C)O[SiH3].II. The molecular weight excluding hydrogens is 394 g/mol. The summed E-state index contributed by atoms with van der Waals surface area (Å²) in [5, 5.41) is 0. The number of rotatable bonds is 1. The minimum atomic E-state index is -0.327. The summed E-state index contributed by atoms with van der Waals surface area (Å²) in [4.78, 5) is 0. The zero-order valence-corrected chi connectivity index (χ0v) is 12.1. The van der Waals surface area contributed by atoms with Crippen molar-refractivity contribution in [3.63, 3.8) is 0 Å². The summed E-state index contributed by atoms with van der Waals surface area (Å²) >= 11 is 4.24. The molecule has 0 unspecified atom stereocenters. The Balaban J connectivity index is -0.0000000303. The van der Waals surface area contributed by atoms with Gasteiger partial charge in [0.15, 0.2) is 0 Å². The van der Waals surface area contributed by atoms with Crippen LogP contribution in [0.5, 0.6) is 0 Å². The van der Waals surface area contributed by atoms with Gasteiger partial charge in [0, 0.05) is 37.2 Å². The summed E-state index contributed by atoms with van der Waals surface area (Å²) in [7, 11) is 0.715. The Kier molecular flexibility index (Phi) is 44.0. The van der Waals surface area contributed by atoms with E-state index in [0.29, 0.717) is 10.5 Å². The van der Waals surface area contributed by atoms with Gasteiger partial charge in [-0.25, -0.2) is 0 Å². The van der Waals surface area contributed by atoms with Crippen LogP contribution < -0.4 is 0 Å². The first-order chi connectivity index (χ1) is 4.12. The lowest BCUT2D eigenvalue weighted by Gasteiger charge is -2.14. The lowest BCUT2D eigenvalue weighted by molar-refractivity contribution is 0.191. The molecule has 0 rings (SSSR count). The molecule has 0 bridgehead atoms. The molecule has 0 aliphatic heterocycles. The molecule has 0 saturated heterocycles. The number of halogens is 2. The normalized spacial score (nSPS) is 6.92. The molecule has 0 amide bonds. The van der Waals surface area contributed by atoms with Gasteiger partial charge in [0.1, 0.15) is 16.1 Å². The molecule has 0 aliphatic rings. The van der Waals surface area contributed by atoms with Crippen molar-refractivity contribution in [2.75, 3.05) is 0 Å². The second kappa shape index (κ2) is 18.1. The van der Waals surface area contributed by atoms with Gasteiger partial charge in [-0.15, -0.1) is 6.42 Å². The molecule has 4 heteroatoms. The van der Waals surface area contributed by atoms with E-state index in [2.05, 4.69) is 43.2 Å². The third-order valence-corrected chi connectivity index (χ3v) is 1.88. The third kappa shape index (κ3) is 22.5. The maximum atomic E-state index is 5.06. The molecule has 0 saturated carbocycles. The highest BCUT2D eigenvalue weighted by Crippen LogP contribution is 2.01. The van der Waals surface area contributed by atoms with Crippen LogP contribution in [0.2, 0.25) is 0 Å². The second-order valence-corrected chi connectivity index (χ2v) is 2.27. The average Bonchev–Trinajstić information content (AvgIpc) is 1.93. The Hall–Kier alpha value is 1.20. The third-order valence-electron chi connectivity index (χ3n) is 0.858. The molecule has 0 aliphatic carbocycles. The van der Waals surface area contributed by atoms with Crippen molar-refractivity contribution < 1.29 is 4.43 Å². The van der Waals surface area contributed by atoms with E-state index in [9.17, 15) is 0 Å². The highest BCUT2D eigenvalue weighted by atomic mass is 128. The van der Waals surface area contributed by atoms with Crippen molar-refractivity contribution in [2.24, 2.45) is 0 Å². The van der Waals surface area contributed by atoms with Gasteiger partial charge in [0.25, 0.3) is 0 Å². The van der Waals surface area contributed by atoms with Crippen LogP contribution in [0.3, 0.4) is 0 Å². The maximum Gasteiger partial charge on any atom is 0.148 e. The van der Waals surface area contributed by atoms with E-state index in [0.717, 1.165) is 0 Å². The Morgan fingerprint density at radius 1 is 1.25 bits per heavy atom. The van der Waals surface area contributed by atoms with Crippen LogP contribution in [-0.4, -0.2) is 16.1 Å². The van der Waals surface area contributed by atoms with E-state index in [1.165, 1.54) is 0 Å². The van der Waals surface area contributed by atoms with Gasteiger partial charge in [-0.3, -0.25) is 0 Å². The van der Waals surface area contributed by atoms with Gasteiger partial charge in [0.2, 0.25) is 0 Å². The fourth-order valence-corrected chi connectivity index (χ4v) is 0.177. The zero-order chi connectivity index (χ0) is 7.91. The molecule has 0 N–H and O–H groups in total. The highest BCUT2D eigenvalue weighted by molar-refractivity contribution is 15.0. The number of hydrogen-bond acceptors (Lipinski definition) is 1. The quantitative estimate of drug-likeness (QED) is 0.362. The van der Waals surface area contributed by atoms with Crippen LogP contribution in [0.4, 0.5) is 0 Å². The summed E-state index contributed by atoms with van der Waals surface area (Å²) in [6, 6.07) is 0. The smallest absolute Gasteiger partial charge is 0.148 e. The lowest BCUT2D eigenvalue weighted by atomic mass is 10.2. The number of hydrogen-bond donors (Lipinski definition) is 0. The van der Waals surface area contributed by atoms with Crippen molar-refractivity contribution in [1.29, 1.82) is 0 Å². The van der Waals surface area contributed by atoms with Crippen LogP contribution in [0.1, 0.15) is 36.1 Å². The van der Waals surface area contributed by atoms with Gasteiger partial charge in [-0.05, 0) is 13.8 Å². The van der Waals surface area contributed by atoms with Crippen molar-refractivity contribution in [3.8, 4) is 12.3 Å². The predicted molar refractivity (Wildman–Crippen MR) is 82.2 cm³/mol. The monoisotopic (exact) mass is 416 g/mol. The van der Waals surface area contributed by atoms with E-state index in [1.54, 1.807) is 0 Å². The first-order valence-electron chi connectivity index (χ1n) is 2.29. The van der Waals surface area contributed by atoms with E-state index < -0.39 is 0 Å². The molecule has 0 spiro atoms. The van der Waals surface area contributed by atoms with E-state index in [1.807, 2.05) is 13.8 Å². The van der Waals surface area contributed by atoms with Crippen LogP contribution in [0.25, 0.3) is 0 Å². The van der Waals surface area contributed by atoms with Gasteiger partial charge >= 0.3 is 0 Å². The molecule has 1 nitrogen and oxygen atoms in total. The Labute approximate surface area is 105 Å².